The highest BCUT2D eigenvalue weighted by Gasteiger charge is 2.55. The fourth-order valence-corrected chi connectivity index (χ4v) is 4.20. The van der Waals surface area contributed by atoms with E-state index in [0.29, 0.717) is 5.41 Å². The largest absolute Gasteiger partial charge is 0.312 e. The predicted molar refractivity (Wildman–Crippen MR) is 74.0 cm³/mol. The summed E-state index contributed by atoms with van der Waals surface area (Å²) in [5.41, 5.74) is 0.545. The van der Waals surface area contributed by atoms with Crippen LogP contribution in [0.5, 0.6) is 0 Å². The van der Waals surface area contributed by atoms with E-state index in [9.17, 15) is 0 Å². The maximum Gasteiger partial charge on any atom is 0.0152 e. The Balaban J connectivity index is 1.89. The van der Waals surface area contributed by atoms with Gasteiger partial charge < -0.3 is 5.32 Å². The smallest absolute Gasteiger partial charge is 0.0152 e. The highest BCUT2D eigenvalue weighted by molar-refractivity contribution is 7.99. The van der Waals surface area contributed by atoms with Crippen molar-refractivity contribution >= 4 is 11.8 Å². The van der Waals surface area contributed by atoms with E-state index in [-0.39, 0.29) is 0 Å². The molecule has 94 valence electrons. The van der Waals surface area contributed by atoms with E-state index >= 15 is 0 Å². The van der Waals surface area contributed by atoms with E-state index in [1.807, 2.05) is 11.8 Å². The SMILES string of the molecule is CSC(C)CNC1[C@@H]2CCCC[C@@H]2C1(C)C. The van der Waals surface area contributed by atoms with Gasteiger partial charge in [-0.15, -0.1) is 0 Å². The Kier molecular flexibility index (Phi) is 3.90. The van der Waals surface area contributed by atoms with Crippen LogP contribution in [0.1, 0.15) is 46.5 Å². The Morgan fingerprint density at radius 3 is 2.69 bits per heavy atom. The standard InChI is InChI=1S/C14H27NS/c1-10(16-4)9-15-13-11-7-5-6-8-12(11)14(13,2)3/h10-13,15H,5-9H2,1-4H3/t10?,11-,12+,13?/m1/s1. The monoisotopic (exact) mass is 241 g/mol. The summed E-state index contributed by atoms with van der Waals surface area (Å²) in [5, 5.41) is 4.59. The molecule has 2 aliphatic rings. The molecule has 2 rings (SSSR count). The van der Waals surface area contributed by atoms with E-state index in [1.165, 1.54) is 32.2 Å². The maximum absolute atomic E-state index is 3.84. The van der Waals surface area contributed by atoms with Crippen LogP contribution in [0.4, 0.5) is 0 Å². The maximum atomic E-state index is 3.84. The molecule has 0 aromatic heterocycles. The first-order valence-corrected chi connectivity index (χ1v) is 8.12. The van der Waals surface area contributed by atoms with Crippen molar-refractivity contribution in [2.75, 3.05) is 12.8 Å². The van der Waals surface area contributed by atoms with E-state index in [4.69, 9.17) is 0 Å². The van der Waals surface area contributed by atoms with Crippen molar-refractivity contribution < 1.29 is 0 Å². The molecule has 0 aliphatic heterocycles. The summed E-state index contributed by atoms with van der Waals surface area (Å²) in [4.78, 5) is 0. The first kappa shape index (κ1) is 12.8. The van der Waals surface area contributed by atoms with Crippen molar-refractivity contribution in [3.63, 3.8) is 0 Å². The van der Waals surface area contributed by atoms with Crippen molar-refractivity contribution in [2.45, 2.75) is 57.7 Å². The minimum Gasteiger partial charge on any atom is -0.312 e. The van der Waals surface area contributed by atoms with Gasteiger partial charge in [0, 0.05) is 17.8 Å². The predicted octanol–water partition coefficient (Wildman–Crippen LogP) is 3.54. The summed E-state index contributed by atoms with van der Waals surface area (Å²) in [6, 6.07) is 0.785. The lowest BCUT2D eigenvalue weighted by Gasteiger charge is -2.61. The molecule has 1 N–H and O–H groups in total. The first-order chi connectivity index (χ1) is 7.57. The van der Waals surface area contributed by atoms with Gasteiger partial charge in [-0.25, -0.2) is 0 Å². The minimum atomic E-state index is 0.545. The lowest BCUT2D eigenvalue weighted by atomic mass is 9.48. The van der Waals surface area contributed by atoms with Crippen LogP contribution in [-0.2, 0) is 0 Å². The van der Waals surface area contributed by atoms with Gasteiger partial charge in [0.1, 0.15) is 0 Å². The molecule has 0 heterocycles. The van der Waals surface area contributed by atoms with E-state index < -0.39 is 0 Å². The highest BCUT2D eigenvalue weighted by atomic mass is 32.2. The molecule has 2 saturated carbocycles. The average molecular weight is 241 g/mol. The normalized spacial score (nSPS) is 38.6. The molecular weight excluding hydrogens is 214 g/mol. The topological polar surface area (TPSA) is 12.0 Å². The third-order valence-corrected chi connectivity index (χ3v) is 6.00. The quantitative estimate of drug-likeness (QED) is 0.808. The molecule has 2 heteroatoms. The van der Waals surface area contributed by atoms with Gasteiger partial charge in [-0.05, 0) is 36.3 Å². The third kappa shape index (κ3) is 2.15. The zero-order chi connectivity index (χ0) is 11.8. The Bertz CT molecular complexity index is 239. The number of nitrogens with one attached hydrogen (secondary N) is 1. The van der Waals surface area contributed by atoms with Gasteiger partial charge in [0.05, 0.1) is 0 Å². The molecule has 2 aliphatic carbocycles. The van der Waals surface area contributed by atoms with Crippen LogP contribution in [0.15, 0.2) is 0 Å². The molecule has 1 nitrogen and oxygen atoms in total. The van der Waals surface area contributed by atoms with Gasteiger partial charge in [0.2, 0.25) is 0 Å². The zero-order valence-electron chi connectivity index (χ0n) is 11.3. The number of hydrogen-bond donors (Lipinski definition) is 1. The molecular formula is C14H27NS. The van der Waals surface area contributed by atoms with Crippen molar-refractivity contribution in [3.8, 4) is 0 Å². The Morgan fingerprint density at radius 1 is 1.31 bits per heavy atom. The van der Waals surface area contributed by atoms with Crippen LogP contribution in [0.2, 0.25) is 0 Å². The average Bonchev–Trinajstić information content (AvgIpc) is 2.28. The molecule has 0 spiro atoms. The summed E-state index contributed by atoms with van der Waals surface area (Å²) in [6.07, 6.45) is 8.10. The van der Waals surface area contributed by atoms with E-state index in [1.54, 1.807) is 0 Å². The molecule has 0 radical (unpaired) electrons. The summed E-state index contributed by atoms with van der Waals surface area (Å²) < 4.78 is 0. The summed E-state index contributed by atoms with van der Waals surface area (Å²) in [5.74, 6) is 1.99. The molecule has 0 aromatic carbocycles. The Morgan fingerprint density at radius 2 is 2.00 bits per heavy atom. The highest BCUT2D eigenvalue weighted by Crippen LogP contribution is 2.57. The summed E-state index contributed by atoms with van der Waals surface area (Å²) >= 11 is 1.97. The third-order valence-electron chi connectivity index (χ3n) is 5.03. The second-order valence-electron chi connectivity index (χ2n) is 6.31. The van der Waals surface area contributed by atoms with Crippen LogP contribution in [-0.4, -0.2) is 24.1 Å². The molecule has 16 heavy (non-hydrogen) atoms. The Hall–Kier alpha value is 0.310. The first-order valence-electron chi connectivity index (χ1n) is 6.83. The van der Waals surface area contributed by atoms with Crippen molar-refractivity contribution in [2.24, 2.45) is 17.3 Å². The summed E-state index contributed by atoms with van der Waals surface area (Å²) in [6.45, 7) is 8.45. The zero-order valence-corrected chi connectivity index (χ0v) is 12.1. The van der Waals surface area contributed by atoms with Gasteiger partial charge in [0.15, 0.2) is 0 Å². The molecule has 0 saturated heterocycles. The van der Waals surface area contributed by atoms with E-state index in [2.05, 4.69) is 32.3 Å². The van der Waals surface area contributed by atoms with Crippen molar-refractivity contribution in [1.82, 2.24) is 5.32 Å². The van der Waals surface area contributed by atoms with Crippen molar-refractivity contribution in [3.05, 3.63) is 0 Å². The molecule has 4 atom stereocenters. The minimum absolute atomic E-state index is 0.545. The number of hydrogen-bond acceptors (Lipinski definition) is 2. The number of rotatable bonds is 4. The molecule has 2 unspecified atom stereocenters. The molecule has 0 bridgehead atoms. The fraction of sp³-hybridized carbons (Fsp3) is 1.00. The fourth-order valence-electron chi connectivity index (χ4n) is 3.94. The lowest BCUT2D eigenvalue weighted by molar-refractivity contribution is -0.0870. The molecule has 2 fully saturated rings. The van der Waals surface area contributed by atoms with Gasteiger partial charge in [0.25, 0.3) is 0 Å². The molecule has 0 aromatic rings. The van der Waals surface area contributed by atoms with Gasteiger partial charge in [-0.3, -0.25) is 0 Å². The van der Waals surface area contributed by atoms with Gasteiger partial charge >= 0.3 is 0 Å². The second kappa shape index (κ2) is 4.89. The van der Waals surface area contributed by atoms with Gasteiger partial charge in [-0.1, -0.05) is 33.6 Å². The van der Waals surface area contributed by atoms with E-state index in [0.717, 1.165) is 23.1 Å². The lowest BCUT2D eigenvalue weighted by Crippen LogP contribution is -2.65. The number of thioether (sulfide) groups is 1. The summed E-state index contributed by atoms with van der Waals surface area (Å²) in [7, 11) is 0. The van der Waals surface area contributed by atoms with Crippen LogP contribution in [0.3, 0.4) is 0 Å². The number of fused-ring (bicyclic) bond motifs is 1. The Labute approximate surface area is 105 Å². The van der Waals surface area contributed by atoms with Crippen LogP contribution in [0.25, 0.3) is 0 Å². The van der Waals surface area contributed by atoms with Crippen LogP contribution in [0, 0.1) is 17.3 Å². The van der Waals surface area contributed by atoms with Gasteiger partial charge in [-0.2, -0.15) is 11.8 Å². The molecule has 0 amide bonds. The van der Waals surface area contributed by atoms with Crippen LogP contribution < -0.4 is 5.32 Å². The second-order valence-corrected chi connectivity index (χ2v) is 7.58. The van der Waals surface area contributed by atoms with Crippen molar-refractivity contribution in [1.29, 1.82) is 0 Å². The van der Waals surface area contributed by atoms with Crippen LogP contribution >= 0.6 is 11.8 Å².